The SMILES string of the molecule is CC(CO)COc1nc(N2CCC3CNC(C3)C2)c2cc(Cl)c(-c3ccc(F)c4sc(N)nc34)c(F)c2n1. The number of halogens is 3. The molecule has 0 amide bonds. The van der Waals surface area contributed by atoms with E-state index in [9.17, 15) is 9.50 Å². The van der Waals surface area contributed by atoms with Crippen molar-refractivity contribution in [3.05, 3.63) is 34.9 Å². The van der Waals surface area contributed by atoms with Crippen molar-refractivity contribution in [2.24, 2.45) is 11.8 Å². The molecule has 2 aromatic carbocycles. The van der Waals surface area contributed by atoms with E-state index in [0.29, 0.717) is 35.3 Å². The molecule has 4 N–H and O–H groups in total. The third-order valence-electron chi connectivity index (χ3n) is 7.29. The second-order valence-corrected chi connectivity index (χ2v) is 11.6. The molecule has 0 spiro atoms. The Morgan fingerprint density at radius 1 is 1.29 bits per heavy atom. The summed E-state index contributed by atoms with van der Waals surface area (Å²) in [5, 5.41) is 13.8. The number of nitrogens with zero attached hydrogens (tertiary/aromatic N) is 4. The predicted octanol–water partition coefficient (Wildman–Crippen LogP) is 4.62. The van der Waals surface area contributed by atoms with E-state index in [2.05, 4.69) is 25.2 Å². The van der Waals surface area contributed by atoms with Crippen LogP contribution in [0, 0.1) is 23.5 Å². The normalized spacial score (nSPS) is 20.3. The molecule has 200 valence electrons. The zero-order chi connectivity index (χ0) is 26.6. The molecule has 6 rings (SSSR count). The lowest BCUT2D eigenvalue weighted by atomic mass is 10.0. The molecule has 12 heteroatoms. The van der Waals surface area contributed by atoms with Gasteiger partial charge in [-0.1, -0.05) is 29.9 Å². The Morgan fingerprint density at radius 2 is 2.13 bits per heavy atom. The van der Waals surface area contributed by atoms with Crippen LogP contribution in [0.3, 0.4) is 0 Å². The summed E-state index contributed by atoms with van der Waals surface area (Å²) in [6, 6.07) is 4.70. The number of aromatic nitrogens is 3. The van der Waals surface area contributed by atoms with Crippen molar-refractivity contribution >= 4 is 55.0 Å². The lowest BCUT2D eigenvalue weighted by molar-refractivity contribution is 0.167. The number of rotatable bonds is 6. The average molecular weight is 561 g/mol. The highest BCUT2D eigenvalue weighted by Crippen LogP contribution is 2.43. The third-order valence-corrected chi connectivity index (χ3v) is 8.48. The van der Waals surface area contributed by atoms with Gasteiger partial charge in [0, 0.05) is 48.2 Å². The Hall–Kier alpha value is -2.86. The molecule has 2 fully saturated rings. The molecular weight excluding hydrogens is 534 g/mol. The smallest absolute Gasteiger partial charge is 0.319 e. The van der Waals surface area contributed by atoms with Crippen LogP contribution in [0.25, 0.3) is 32.2 Å². The van der Waals surface area contributed by atoms with Crippen molar-refractivity contribution in [3.8, 4) is 17.1 Å². The van der Waals surface area contributed by atoms with Crippen LogP contribution in [0.2, 0.25) is 5.02 Å². The monoisotopic (exact) mass is 560 g/mol. The zero-order valence-electron chi connectivity index (χ0n) is 20.7. The maximum atomic E-state index is 16.4. The van der Waals surface area contributed by atoms with E-state index in [4.69, 9.17) is 22.1 Å². The molecule has 3 atom stereocenters. The van der Waals surface area contributed by atoms with Gasteiger partial charge in [0.05, 0.1) is 21.8 Å². The summed E-state index contributed by atoms with van der Waals surface area (Å²) < 4.78 is 36.9. The quantitative estimate of drug-likeness (QED) is 0.313. The highest BCUT2D eigenvalue weighted by molar-refractivity contribution is 7.22. The number of anilines is 2. The van der Waals surface area contributed by atoms with Gasteiger partial charge in [-0.3, -0.25) is 0 Å². The second-order valence-electron chi connectivity index (χ2n) is 10.1. The Kier molecular flexibility index (Phi) is 6.71. The molecule has 2 aliphatic rings. The second kappa shape index (κ2) is 10.0. The van der Waals surface area contributed by atoms with E-state index in [-0.39, 0.29) is 56.6 Å². The lowest BCUT2D eigenvalue weighted by Crippen LogP contribution is -2.39. The van der Waals surface area contributed by atoms with E-state index in [1.807, 2.05) is 6.92 Å². The number of ether oxygens (including phenoxy) is 1. The molecule has 2 bridgehead atoms. The number of aliphatic hydroxyl groups excluding tert-OH is 1. The summed E-state index contributed by atoms with van der Waals surface area (Å²) in [6.07, 6.45) is 2.08. The van der Waals surface area contributed by atoms with Gasteiger partial charge in [-0.2, -0.15) is 9.97 Å². The highest BCUT2D eigenvalue weighted by atomic mass is 35.5. The van der Waals surface area contributed by atoms with Gasteiger partial charge in [-0.15, -0.1) is 0 Å². The number of hydrogen-bond donors (Lipinski definition) is 3. The minimum atomic E-state index is -0.676. The predicted molar refractivity (Wildman–Crippen MR) is 146 cm³/mol. The van der Waals surface area contributed by atoms with Crippen molar-refractivity contribution < 1.29 is 18.6 Å². The molecule has 2 saturated heterocycles. The molecule has 38 heavy (non-hydrogen) atoms. The topological polar surface area (TPSA) is 109 Å². The van der Waals surface area contributed by atoms with Crippen LogP contribution in [0.1, 0.15) is 19.8 Å². The number of benzene rings is 2. The standard InChI is InChI=1S/C26H27ClF2N6O2S/c1-12(10-36)11-37-26-33-21-16(24(34-26)35-5-4-13-6-14(9-35)31-8-13)7-17(27)19(20(21)29)15-2-3-18(28)23-22(15)32-25(30)38-23/h2-3,7,12-14,31,36H,4-6,8-11H2,1H3,(H2,30,32). The van der Waals surface area contributed by atoms with Gasteiger partial charge in [-0.05, 0) is 43.5 Å². The molecule has 3 unspecified atom stereocenters. The van der Waals surface area contributed by atoms with Crippen molar-refractivity contribution in [2.45, 2.75) is 25.8 Å². The Morgan fingerprint density at radius 3 is 2.95 bits per heavy atom. The lowest BCUT2D eigenvalue weighted by Gasteiger charge is -2.28. The molecule has 2 aromatic heterocycles. The van der Waals surface area contributed by atoms with Gasteiger partial charge in [0.2, 0.25) is 0 Å². The van der Waals surface area contributed by atoms with E-state index in [0.717, 1.165) is 37.3 Å². The summed E-state index contributed by atoms with van der Waals surface area (Å²) in [7, 11) is 0. The van der Waals surface area contributed by atoms with Gasteiger partial charge < -0.3 is 25.8 Å². The maximum Gasteiger partial charge on any atom is 0.319 e. The molecule has 2 aliphatic heterocycles. The largest absolute Gasteiger partial charge is 0.463 e. The van der Waals surface area contributed by atoms with Crippen LogP contribution in [0.15, 0.2) is 18.2 Å². The first-order valence-corrected chi connectivity index (χ1v) is 13.8. The van der Waals surface area contributed by atoms with Crippen molar-refractivity contribution in [3.63, 3.8) is 0 Å². The fourth-order valence-electron chi connectivity index (χ4n) is 5.33. The number of aliphatic hydroxyl groups is 1. The first-order chi connectivity index (χ1) is 18.3. The Bertz CT molecular complexity index is 1540. The molecule has 8 nitrogen and oxygen atoms in total. The third kappa shape index (κ3) is 4.51. The van der Waals surface area contributed by atoms with Gasteiger partial charge in [0.15, 0.2) is 10.9 Å². The molecular formula is C26H27ClF2N6O2S. The molecule has 0 saturated carbocycles. The summed E-state index contributed by atoms with van der Waals surface area (Å²) in [5.41, 5.74) is 6.52. The van der Waals surface area contributed by atoms with E-state index >= 15 is 4.39 Å². The summed E-state index contributed by atoms with van der Waals surface area (Å²) in [4.78, 5) is 15.5. The van der Waals surface area contributed by atoms with E-state index in [1.165, 1.54) is 12.1 Å². The number of nitrogens with two attached hydrogens (primary N) is 1. The number of nitrogen functional groups attached to an aromatic ring is 1. The highest BCUT2D eigenvalue weighted by Gasteiger charge is 2.32. The van der Waals surface area contributed by atoms with Crippen LogP contribution >= 0.6 is 22.9 Å². The molecule has 0 radical (unpaired) electrons. The molecule has 4 aromatic rings. The minimum Gasteiger partial charge on any atom is -0.463 e. The average Bonchev–Trinajstić information content (AvgIpc) is 3.45. The number of hydrogen-bond acceptors (Lipinski definition) is 9. The van der Waals surface area contributed by atoms with Gasteiger partial charge >= 0.3 is 6.01 Å². The first-order valence-electron chi connectivity index (χ1n) is 12.6. The van der Waals surface area contributed by atoms with E-state index < -0.39 is 11.6 Å². The Labute approximate surface area is 226 Å². The van der Waals surface area contributed by atoms with Gasteiger partial charge in [-0.25, -0.2) is 13.8 Å². The number of thiazole rings is 1. The van der Waals surface area contributed by atoms with Crippen LogP contribution in [-0.2, 0) is 0 Å². The fourth-order valence-corrected chi connectivity index (χ4v) is 6.38. The molecule has 0 aliphatic carbocycles. The summed E-state index contributed by atoms with van der Waals surface area (Å²) in [5.74, 6) is -0.171. The van der Waals surface area contributed by atoms with Crippen molar-refractivity contribution in [2.75, 3.05) is 43.5 Å². The minimum absolute atomic E-state index is 0.0180. The fraction of sp³-hybridized carbons (Fsp3) is 0.423. The van der Waals surface area contributed by atoms with Crippen LogP contribution in [0.5, 0.6) is 6.01 Å². The first kappa shape index (κ1) is 25.4. The maximum absolute atomic E-state index is 16.4. The van der Waals surface area contributed by atoms with Crippen molar-refractivity contribution in [1.82, 2.24) is 20.3 Å². The zero-order valence-corrected chi connectivity index (χ0v) is 22.3. The van der Waals surface area contributed by atoms with E-state index in [1.54, 1.807) is 6.07 Å². The summed E-state index contributed by atoms with van der Waals surface area (Å²) in [6.45, 7) is 4.43. The number of nitrogens with one attached hydrogen (secondary N) is 1. The summed E-state index contributed by atoms with van der Waals surface area (Å²) >= 11 is 7.72. The van der Waals surface area contributed by atoms with Crippen LogP contribution in [0.4, 0.5) is 19.7 Å². The van der Waals surface area contributed by atoms with Crippen LogP contribution in [-0.4, -0.2) is 58.9 Å². The van der Waals surface area contributed by atoms with Gasteiger partial charge in [0.1, 0.15) is 17.2 Å². The van der Waals surface area contributed by atoms with Gasteiger partial charge in [0.25, 0.3) is 0 Å². The number of fused-ring (bicyclic) bond motifs is 4. The van der Waals surface area contributed by atoms with Crippen LogP contribution < -0.4 is 20.7 Å². The molecule has 4 heterocycles. The Balaban J connectivity index is 1.53. The van der Waals surface area contributed by atoms with Crippen molar-refractivity contribution in [1.29, 1.82) is 0 Å².